The van der Waals surface area contributed by atoms with Crippen molar-refractivity contribution in [2.24, 2.45) is 13.0 Å². The molecule has 1 fully saturated rings. The molecule has 2 heterocycles. The van der Waals surface area contributed by atoms with Gasteiger partial charge < -0.3 is 9.47 Å². The number of aromatic nitrogens is 2. The molecule has 0 aliphatic carbocycles. The maximum absolute atomic E-state index is 14.6. The van der Waals surface area contributed by atoms with Crippen molar-refractivity contribution in [1.82, 2.24) is 24.7 Å². The maximum Gasteiger partial charge on any atom is 0.269 e. The Labute approximate surface area is 180 Å². The van der Waals surface area contributed by atoms with E-state index in [4.69, 9.17) is 0 Å². The van der Waals surface area contributed by atoms with Gasteiger partial charge in [-0.25, -0.2) is 17.8 Å². The molecule has 1 unspecified atom stereocenters. The number of hydrogen-bond donors (Lipinski definition) is 2. The number of carbonyl (C=O) groups is 2. The summed E-state index contributed by atoms with van der Waals surface area (Å²) in [6.45, 7) is 3.93. The third-order valence-corrected chi connectivity index (χ3v) is 6.56. The predicted molar refractivity (Wildman–Crippen MR) is 113 cm³/mol. The van der Waals surface area contributed by atoms with Crippen molar-refractivity contribution >= 4 is 21.8 Å². The minimum Gasteiger partial charge on any atom is -0.343 e. The van der Waals surface area contributed by atoms with Crippen molar-refractivity contribution in [3.63, 3.8) is 0 Å². The predicted octanol–water partition coefficient (Wildman–Crippen LogP) is 1.36. The standard InChI is InChI=1S/C20H26FN5O4S/c1-13-7-16(18-10-25(3)12-22-18)8-17(19(13)21)20(28)23-24-31(29,30)11-15-5-4-6-26(9-15)14(2)27/h7-8,10,12,15,24H,4-6,9,11H2,1-3H3,(H,23,28). The molecule has 2 aromatic rings. The van der Waals surface area contributed by atoms with E-state index in [9.17, 15) is 22.4 Å². The molecule has 1 aliphatic heterocycles. The van der Waals surface area contributed by atoms with Crippen molar-refractivity contribution in [1.29, 1.82) is 0 Å². The lowest BCUT2D eigenvalue weighted by atomic mass is 10.0. The van der Waals surface area contributed by atoms with Gasteiger partial charge in [-0.05, 0) is 43.4 Å². The molecule has 3 rings (SSSR count). The third-order valence-electron chi connectivity index (χ3n) is 5.24. The Balaban J connectivity index is 1.68. The number of sulfonamides is 1. The Morgan fingerprint density at radius 3 is 2.71 bits per heavy atom. The number of nitrogens with one attached hydrogen (secondary N) is 2. The van der Waals surface area contributed by atoms with Crippen LogP contribution in [-0.2, 0) is 21.9 Å². The van der Waals surface area contributed by atoms with Gasteiger partial charge in [0.2, 0.25) is 15.9 Å². The van der Waals surface area contributed by atoms with E-state index in [1.165, 1.54) is 19.9 Å². The normalized spacial score (nSPS) is 16.9. The summed E-state index contributed by atoms with van der Waals surface area (Å²) in [4.78, 5) is 31.9. The summed E-state index contributed by atoms with van der Waals surface area (Å²) in [5.41, 5.74) is 3.15. The molecule has 1 aromatic heterocycles. The zero-order valence-electron chi connectivity index (χ0n) is 17.7. The molecule has 1 aliphatic rings. The average Bonchev–Trinajstić information content (AvgIpc) is 3.14. The number of hydrazine groups is 1. The van der Waals surface area contributed by atoms with E-state index in [2.05, 4.69) is 10.4 Å². The molecule has 1 aromatic carbocycles. The number of benzene rings is 1. The second-order valence-electron chi connectivity index (χ2n) is 7.89. The number of carbonyl (C=O) groups excluding carboxylic acids is 2. The van der Waals surface area contributed by atoms with Gasteiger partial charge >= 0.3 is 0 Å². The van der Waals surface area contributed by atoms with E-state index >= 15 is 0 Å². The summed E-state index contributed by atoms with van der Waals surface area (Å²) in [5.74, 6) is -2.22. The Morgan fingerprint density at radius 1 is 1.32 bits per heavy atom. The first-order chi connectivity index (χ1) is 14.6. The molecule has 0 spiro atoms. The molecule has 0 bridgehead atoms. The summed E-state index contributed by atoms with van der Waals surface area (Å²) in [6, 6.07) is 2.91. The Bertz CT molecular complexity index is 1100. The van der Waals surface area contributed by atoms with Crippen molar-refractivity contribution in [3.8, 4) is 11.3 Å². The number of piperidine rings is 1. The van der Waals surface area contributed by atoms with Crippen LogP contribution in [0.1, 0.15) is 35.7 Å². The number of amides is 2. The van der Waals surface area contributed by atoms with Gasteiger partial charge in [0.15, 0.2) is 0 Å². The van der Waals surface area contributed by atoms with E-state index < -0.39 is 21.7 Å². The van der Waals surface area contributed by atoms with Gasteiger partial charge in [0.1, 0.15) is 5.82 Å². The number of aryl methyl sites for hydroxylation is 2. The van der Waals surface area contributed by atoms with Gasteiger partial charge in [-0.15, -0.1) is 4.83 Å². The molecule has 2 N–H and O–H groups in total. The summed E-state index contributed by atoms with van der Waals surface area (Å²) in [6.07, 6.45) is 4.70. The number of nitrogens with zero attached hydrogens (tertiary/aromatic N) is 3. The SMILES string of the molecule is CC(=O)N1CCCC(CS(=O)(=O)NNC(=O)c2cc(-c3cn(C)cn3)cc(C)c2F)C1. The molecule has 1 saturated heterocycles. The number of halogens is 1. The van der Waals surface area contributed by atoms with Crippen molar-refractivity contribution in [2.45, 2.75) is 26.7 Å². The van der Waals surface area contributed by atoms with E-state index in [0.717, 1.165) is 6.42 Å². The number of rotatable bonds is 6. The van der Waals surface area contributed by atoms with Crippen LogP contribution < -0.4 is 10.3 Å². The van der Waals surface area contributed by atoms with Gasteiger partial charge in [-0.2, -0.15) is 0 Å². The fourth-order valence-electron chi connectivity index (χ4n) is 3.68. The molecular weight excluding hydrogens is 425 g/mol. The molecular formula is C20H26FN5O4S. The van der Waals surface area contributed by atoms with Crippen LogP contribution >= 0.6 is 0 Å². The molecule has 168 valence electrons. The van der Waals surface area contributed by atoms with Crippen molar-refractivity contribution in [2.75, 3.05) is 18.8 Å². The molecule has 1 atom stereocenters. The van der Waals surface area contributed by atoms with E-state index in [1.807, 2.05) is 4.83 Å². The van der Waals surface area contributed by atoms with Crippen LogP contribution in [0, 0.1) is 18.7 Å². The minimum atomic E-state index is -3.87. The first-order valence-corrected chi connectivity index (χ1v) is 11.5. The zero-order valence-corrected chi connectivity index (χ0v) is 18.5. The third kappa shape index (κ3) is 5.67. The van der Waals surface area contributed by atoms with E-state index in [0.29, 0.717) is 30.8 Å². The summed E-state index contributed by atoms with van der Waals surface area (Å²) < 4.78 is 41.1. The van der Waals surface area contributed by atoms with Crippen LogP contribution in [0.4, 0.5) is 4.39 Å². The summed E-state index contributed by atoms with van der Waals surface area (Å²) >= 11 is 0. The average molecular weight is 452 g/mol. The fraction of sp³-hybridized carbons (Fsp3) is 0.450. The largest absolute Gasteiger partial charge is 0.343 e. The highest BCUT2D eigenvalue weighted by atomic mass is 32.2. The highest BCUT2D eigenvalue weighted by molar-refractivity contribution is 7.89. The smallest absolute Gasteiger partial charge is 0.269 e. The number of likely N-dealkylation sites (tertiary alicyclic amines) is 1. The lowest BCUT2D eigenvalue weighted by molar-refractivity contribution is -0.130. The van der Waals surface area contributed by atoms with Crippen LogP contribution in [0.5, 0.6) is 0 Å². The van der Waals surface area contributed by atoms with Crippen LogP contribution in [-0.4, -0.2) is 53.5 Å². The van der Waals surface area contributed by atoms with Crippen molar-refractivity contribution < 1.29 is 22.4 Å². The molecule has 9 nitrogen and oxygen atoms in total. The van der Waals surface area contributed by atoms with Gasteiger partial charge in [0.25, 0.3) is 5.91 Å². The van der Waals surface area contributed by atoms with Gasteiger partial charge in [-0.1, -0.05) is 0 Å². The monoisotopic (exact) mass is 451 g/mol. The highest BCUT2D eigenvalue weighted by Gasteiger charge is 2.27. The molecule has 11 heteroatoms. The van der Waals surface area contributed by atoms with Crippen LogP contribution in [0.15, 0.2) is 24.7 Å². The van der Waals surface area contributed by atoms with Gasteiger partial charge in [-0.3, -0.25) is 15.0 Å². The van der Waals surface area contributed by atoms with Crippen LogP contribution in [0.2, 0.25) is 0 Å². The van der Waals surface area contributed by atoms with Gasteiger partial charge in [0, 0.05) is 38.8 Å². The lowest BCUT2D eigenvalue weighted by Gasteiger charge is -2.31. The molecule has 0 radical (unpaired) electrons. The quantitative estimate of drug-likeness (QED) is 0.644. The molecule has 0 saturated carbocycles. The maximum atomic E-state index is 14.6. The second kappa shape index (κ2) is 9.15. The topological polar surface area (TPSA) is 113 Å². The minimum absolute atomic E-state index is 0.0954. The second-order valence-corrected chi connectivity index (χ2v) is 9.66. The zero-order chi connectivity index (χ0) is 22.8. The first-order valence-electron chi connectivity index (χ1n) is 9.89. The lowest BCUT2D eigenvalue weighted by Crippen LogP contribution is -2.46. The molecule has 2 amide bonds. The summed E-state index contributed by atoms with van der Waals surface area (Å²) in [5, 5.41) is 0. The highest BCUT2D eigenvalue weighted by Crippen LogP contribution is 2.23. The molecule has 31 heavy (non-hydrogen) atoms. The van der Waals surface area contributed by atoms with E-state index in [-0.39, 0.29) is 28.7 Å². The summed E-state index contributed by atoms with van der Waals surface area (Å²) in [7, 11) is -2.08. The van der Waals surface area contributed by atoms with Crippen LogP contribution in [0.3, 0.4) is 0 Å². The fourth-order valence-corrected chi connectivity index (χ4v) is 4.90. The Kier molecular flexibility index (Phi) is 6.75. The number of imidazole rings is 1. The Hall–Kier alpha value is -2.79. The van der Waals surface area contributed by atoms with Crippen molar-refractivity contribution in [3.05, 3.63) is 41.6 Å². The number of hydrogen-bond acceptors (Lipinski definition) is 5. The van der Waals surface area contributed by atoms with Crippen LogP contribution in [0.25, 0.3) is 11.3 Å². The van der Waals surface area contributed by atoms with E-state index in [1.54, 1.807) is 35.1 Å². The van der Waals surface area contributed by atoms with Gasteiger partial charge in [0.05, 0.1) is 23.3 Å². The first kappa shape index (κ1) is 22.9. The Morgan fingerprint density at radius 2 is 2.06 bits per heavy atom.